The lowest BCUT2D eigenvalue weighted by Gasteiger charge is -2.30. The Morgan fingerprint density at radius 3 is 1.20 bits per heavy atom. The Hall–Kier alpha value is -0.760. The van der Waals surface area contributed by atoms with Crippen LogP contribution in [0.4, 0.5) is 0 Å². The summed E-state index contributed by atoms with van der Waals surface area (Å²) in [4.78, 5) is 25.4. The van der Waals surface area contributed by atoms with Gasteiger partial charge < -0.3 is 28.8 Å². The Labute approximate surface area is 405 Å². The number of unbranched alkanes of at least 4 members (excludes halogenated alkanes) is 38. The van der Waals surface area contributed by atoms with Crippen LogP contribution < -0.4 is 10.2 Å². The molecule has 0 aliphatic rings. The fourth-order valence-electron chi connectivity index (χ4n) is 8.74. The van der Waals surface area contributed by atoms with Crippen LogP contribution in [0.1, 0.15) is 290 Å². The van der Waals surface area contributed by atoms with E-state index in [2.05, 4.69) is 31.3 Å². The van der Waals surface area contributed by atoms with Gasteiger partial charge >= 0.3 is 0 Å². The van der Waals surface area contributed by atoms with Crippen molar-refractivity contribution in [2.45, 2.75) is 302 Å². The average molecular weight is 942 g/mol. The lowest BCUT2D eigenvalue weighted by atomic mass is 10.0. The number of hydrogen-bond donors (Lipinski definition) is 2. The number of nitrogens with one attached hydrogen (secondary N) is 1. The summed E-state index contributed by atoms with van der Waals surface area (Å²) in [5, 5.41) is 13.9. The summed E-state index contributed by atoms with van der Waals surface area (Å²) in [7, 11) is 1.32. The van der Waals surface area contributed by atoms with Gasteiger partial charge in [0, 0.05) is 6.42 Å². The zero-order valence-electron chi connectivity index (χ0n) is 44.2. The predicted octanol–water partition coefficient (Wildman–Crippen LogP) is 16.4. The number of amides is 1. The highest BCUT2D eigenvalue weighted by Gasteiger charge is 2.24. The first-order valence-electron chi connectivity index (χ1n) is 28.5. The molecule has 2 N–H and O–H groups in total. The molecule has 8 nitrogen and oxygen atoms in total. The number of nitrogens with zero attached hydrogens (tertiary/aromatic N) is 1. The van der Waals surface area contributed by atoms with Gasteiger partial charge in [0.05, 0.1) is 39.9 Å². The standard InChI is InChI=1S/C56H113N2O6P/c1-6-8-10-12-14-16-18-19-20-21-22-23-24-25-26-27-28-29-30-31-32-33-34-35-36-37-38-40-42-44-46-48-50-56(60)57-54(53-64-65(61,62)63-52-51-58(3,4)5)55(59)49-47-45-43-41-39-17-15-13-11-9-7-2/h25-26,54-55,59H,6-24,27-53H2,1-5H3,(H-,57,60,61,62)/b26-25-. The third kappa shape index (κ3) is 50.9. The minimum absolute atomic E-state index is 0.0149. The largest absolute Gasteiger partial charge is 0.756 e. The molecular formula is C56H113N2O6P. The number of hydrogen-bond acceptors (Lipinski definition) is 6. The predicted molar refractivity (Wildman–Crippen MR) is 279 cm³/mol. The van der Waals surface area contributed by atoms with Crippen molar-refractivity contribution in [3.8, 4) is 0 Å². The van der Waals surface area contributed by atoms with E-state index in [-0.39, 0.29) is 19.1 Å². The molecule has 0 radical (unpaired) electrons. The van der Waals surface area contributed by atoms with Crippen molar-refractivity contribution in [2.75, 3.05) is 40.9 Å². The third-order valence-corrected chi connectivity index (χ3v) is 14.2. The van der Waals surface area contributed by atoms with Crippen LogP contribution in [0.3, 0.4) is 0 Å². The SMILES string of the molecule is CCCCCCCCCCCCCC/C=C\CCCCCCCCCCCCCCCCCCC(=O)NC(COP(=O)([O-])OCC[N+](C)(C)C)C(O)CCCCCCCCCCCCC. The van der Waals surface area contributed by atoms with Gasteiger partial charge in [-0.25, -0.2) is 0 Å². The minimum atomic E-state index is -4.56. The van der Waals surface area contributed by atoms with Crippen LogP contribution in [0.5, 0.6) is 0 Å². The molecule has 65 heavy (non-hydrogen) atoms. The molecule has 3 atom stereocenters. The summed E-state index contributed by atoms with van der Waals surface area (Å²) >= 11 is 0. The first kappa shape index (κ1) is 64.2. The Balaban J connectivity index is 3.93. The average Bonchev–Trinajstić information content (AvgIpc) is 3.26. The van der Waals surface area contributed by atoms with E-state index in [4.69, 9.17) is 9.05 Å². The van der Waals surface area contributed by atoms with E-state index in [0.717, 1.165) is 38.5 Å². The Kier molecular flexibility index (Phi) is 47.7. The number of aliphatic hydroxyl groups is 1. The van der Waals surface area contributed by atoms with Gasteiger partial charge in [-0.2, -0.15) is 0 Å². The maximum Gasteiger partial charge on any atom is 0.268 e. The van der Waals surface area contributed by atoms with Crippen LogP contribution in [-0.2, 0) is 18.4 Å². The molecule has 0 aliphatic heterocycles. The van der Waals surface area contributed by atoms with Crippen molar-refractivity contribution in [3.05, 3.63) is 12.2 Å². The van der Waals surface area contributed by atoms with Crippen molar-refractivity contribution in [2.24, 2.45) is 0 Å². The number of phosphoric ester groups is 1. The van der Waals surface area contributed by atoms with Gasteiger partial charge in [-0.15, -0.1) is 0 Å². The normalized spacial score (nSPS) is 14.0. The molecule has 1 amide bonds. The summed E-state index contributed by atoms with van der Waals surface area (Å²) < 4.78 is 23.3. The number of carbonyl (C=O) groups is 1. The summed E-state index contributed by atoms with van der Waals surface area (Å²) in [5.41, 5.74) is 0. The van der Waals surface area contributed by atoms with Gasteiger partial charge in [-0.1, -0.05) is 257 Å². The van der Waals surface area contributed by atoms with E-state index in [1.54, 1.807) is 0 Å². The fourth-order valence-corrected chi connectivity index (χ4v) is 9.47. The van der Waals surface area contributed by atoms with E-state index in [0.29, 0.717) is 23.9 Å². The number of quaternary nitrogens is 1. The third-order valence-electron chi connectivity index (χ3n) is 13.3. The van der Waals surface area contributed by atoms with Crippen molar-refractivity contribution < 1.29 is 32.9 Å². The molecule has 0 saturated carbocycles. The molecule has 3 unspecified atom stereocenters. The Bertz CT molecular complexity index is 1070. The van der Waals surface area contributed by atoms with Crippen molar-refractivity contribution in [3.63, 3.8) is 0 Å². The van der Waals surface area contributed by atoms with Crippen LogP contribution in [0.25, 0.3) is 0 Å². The number of rotatable bonds is 53. The van der Waals surface area contributed by atoms with E-state index in [9.17, 15) is 19.4 Å². The van der Waals surface area contributed by atoms with Crippen LogP contribution in [-0.4, -0.2) is 68.5 Å². The van der Waals surface area contributed by atoms with Crippen LogP contribution in [0, 0.1) is 0 Å². The highest BCUT2D eigenvalue weighted by molar-refractivity contribution is 7.45. The van der Waals surface area contributed by atoms with Crippen LogP contribution in [0.15, 0.2) is 12.2 Å². The van der Waals surface area contributed by atoms with E-state index in [1.165, 1.54) is 225 Å². The van der Waals surface area contributed by atoms with E-state index < -0.39 is 20.0 Å². The zero-order valence-corrected chi connectivity index (χ0v) is 45.1. The molecule has 388 valence electrons. The smallest absolute Gasteiger partial charge is 0.268 e. The van der Waals surface area contributed by atoms with Gasteiger partial charge in [0.25, 0.3) is 7.82 Å². The van der Waals surface area contributed by atoms with E-state index >= 15 is 0 Å². The lowest BCUT2D eigenvalue weighted by Crippen LogP contribution is -2.46. The first-order valence-corrected chi connectivity index (χ1v) is 30.0. The number of aliphatic hydroxyl groups excluding tert-OH is 1. The van der Waals surface area contributed by atoms with Gasteiger partial charge in [-0.3, -0.25) is 9.36 Å². The first-order chi connectivity index (χ1) is 31.5. The molecule has 9 heteroatoms. The number of phosphoric acid groups is 1. The Morgan fingerprint density at radius 2 is 0.846 bits per heavy atom. The molecule has 0 spiro atoms. The summed E-state index contributed by atoms with van der Waals surface area (Å²) in [5.74, 6) is -0.161. The molecule has 0 aromatic carbocycles. The molecule has 0 aliphatic carbocycles. The molecule has 0 bridgehead atoms. The topological polar surface area (TPSA) is 108 Å². The minimum Gasteiger partial charge on any atom is -0.756 e. The zero-order chi connectivity index (χ0) is 47.8. The highest BCUT2D eigenvalue weighted by atomic mass is 31.2. The van der Waals surface area contributed by atoms with Crippen molar-refractivity contribution in [1.29, 1.82) is 0 Å². The summed E-state index contributed by atoms with van der Waals surface area (Å²) in [6, 6.07) is -0.795. The summed E-state index contributed by atoms with van der Waals surface area (Å²) in [6.45, 7) is 4.74. The monoisotopic (exact) mass is 941 g/mol. The fraction of sp³-hybridized carbons (Fsp3) is 0.946. The maximum absolute atomic E-state index is 12.9. The molecule has 0 aromatic rings. The molecule has 0 aromatic heterocycles. The quantitative estimate of drug-likeness (QED) is 0.0272. The highest BCUT2D eigenvalue weighted by Crippen LogP contribution is 2.38. The van der Waals surface area contributed by atoms with Crippen LogP contribution in [0.2, 0.25) is 0 Å². The molecule has 0 fully saturated rings. The van der Waals surface area contributed by atoms with Gasteiger partial charge in [0.1, 0.15) is 13.2 Å². The molecule has 0 saturated heterocycles. The number of carbonyl (C=O) groups excluding carboxylic acids is 1. The number of allylic oxidation sites excluding steroid dienone is 2. The maximum atomic E-state index is 12.9. The second kappa shape index (κ2) is 48.3. The van der Waals surface area contributed by atoms with E-state index in [1.807, 2.05) is 21.1 Å². The molecular weight excluding hydrogens is 828 g/mol. The molecule has 0 heterocycles. The van der Waals surface area contributed by atoms with Crippen molar-refractivity contribution >= 4 is 13.7 Å². The lowest BCUT2D eigenvalue weighted by molar-refractivity contribution is -0.870. The Morgan fingerprint density at radius 1 is 0.523 bits per heavy atom. The second-order valence-electron chi connectivity index (χ2n) is 21.0. The second-order valence-corrected chi connectivity index (χ2v) is 22.4. The summed E-state index contributed by atoms with van der Waals surface area (Å²) in [6.07, 6.45) is 58.3. The number of likely N-dealkylation sites (N-methyl/N-ethyl adjacent to an activating group) is 1. The van der Waals surface area contributed by atoms with Gasteiger partial charge in [-0.05, 0) is 38.5 Å². The van der Waals surface area contributed by atoms with Gasteiger partial charge in [0.2, 0.25) is 5.91 Å². The molecule has 0 rings (SSSR count). The van der Waals surface area contributed by atoms with Crippen molar-refractivity contribution in [1.82, 2.24) is 5.32 Å². The van der Waals surface area contributed by atoms with Gasteiger partial charge in [0.15, 0.2) is 0 Å². The van der Waals surface area contributed by atoms with Crippen LogP contribution >= 0.6 is 7.82 Å².